The second-order valence-electron chi connectivity index (χ2n) is 5.22. The van der Waals surface area contributed by atoms with Gasteiger partial charge in [-0.1, -0.05) is 47.0 Å². The molecule has 13 heavy (non-hydrogen) atoms. The van der Waals surface area contributed by atoms with Gasteiger partial charge in [-0.05, 0) is 31.3 Å². The third kappa shape index (κ3) is 7.06. The van der Waals surface area contributed by atoms with Gasteiger partial charge in [0.1, 0.15) is 0 Å². The predicted molar refractivity (Wildman–Crippen MR) is 61.0 cm³/mol. The zero-order valence-electron chi connectivity index (χ0n) is 10.1. The molecule has 0 aromatic rings. The van der Waals surface area contributed by atoms with Gasteiger partial charge in [0.2, 0.25) is 0 Å². The summed E-state index contributed by atoms with van der Waals surface area (Å²) in [5.41, 5.74) is 0.489. The first-order valence-electron chi connectivity index (χ1n) is 5.63. The van der Waals surface area contributed by atoms with Crippen molar-refractivity contribution in [1.29, 1.82) is 0 Å². The molecule has 0 radical (unpaired) electrons. The van der Waals surface area contributed by atoms with Gasteiger partial charge in [-0.25, -0.2) is 0 Å². The second kappa shape index (κ2) is 6.42. The standard InChI is InChI=1S/C12H27N/c1-11(12(2,3)4)9-7-6-8-10-13-5/h11,13H,6-10H2,1-5H3. The minimum absolute atomic E-state index is 0.489. The van der Waals surface area contributed by atoms with Crippen LogP contribution in [0.4, 0.5) is 0 Å². The molecule has 0 saturated heterocycles. The Hall–Kier alpha value is -0.0400. The van der Waals surface area contributed by atoms with Gasteiger partial charge in [0.15, 0.2) is 0 Å². The smallest absolute Gasteiger partial charge is 0.00519 e. The van der Waals surface area contributed by atoms with Crippen molar-refractivity contribution in [3.8, 4) is 0 Å². The second-order valence-corrected chi connectivity index (χ2v) is 5.22. The molecule has 1 nitrogen and oxygen atoms in total. The molecule has 1 atom stereocenters. The summed E-state index contributed by atoms with van der Waals surface area (Å²) in [6.07, 6.45) is 5.47. The Bertz CT molecular complexity index is 113. The highest BCUT2D eigenvalue weighted by atomic mass is 14.8. The maximum atomic E-state index is 3.19. The fraction of sp³-hybridized carbons (Fsp3) is 1.00. The van der Waals surface area contributed by atoms with Gasteiger partial charge in [-0.15, -0.1) is 0 Å². The molecule has 80 valence electrons. The van der Waals surface area contributed by atoms with Crippen molar-refractivity contribution in [2.75, 3.05) is 13.6 Å². The van der Waals surface area contributed by atoms with E-state index in [0.717, 1.165) is 5.92 Å². The van der Waals surface area contributed by atoms with Crippen molar-refractivity contribution in [1.82, 2.24) is 5.32 Å². The van der Waals surface area contributed by atoms with Crippen molar-refractivity contribution >= 4 is 0 Å². The summed E-state index contributed by atoms with van der Waals surface area (Å²) in [5.74, 6) is 0.849. The molecular weight excluding hydrogens is 158 g/mol. The quantitative estimate of drug-likeness (QED) is 0.625. The fourth-order valence-corrected chi connectivity index (χ4v) is 1.36. The van der Waals surface area contributed by atoms with Crippen LogP contribution in [0.15, 0.2) is 0 Å². The number of hydrogen-bond donors (Lipinski definition) is 1. The number of unbranched alkanes of at least 4 members (excludes halogenated alkanes) is 2. The molecular formula is C12H27N. The van der Waals surface area contributed by atoms with Crippen LogP contribution in [0.3, 0.4) is 0 Å². The molecule has 0 aliphatic rings. The molecule has 0 saturated carbocycles. The highest BCUT2D eigenvalue weighted by molar-refractivity contribution is 4.69. The van der Waals surface area contributed by atoms with Gasteiger partial charge in [0.05, 0.1) is 0 Å². The average Bonchev–Trinajstić information content (AvgIpc) is 2.02. The number of nitrogens with one attached hydrogen (secondary N) is 1. The Balaban J connectivity index is 3.32. The molecule has 1 heteroatoms. The van der Waals surface area contributed by atoms with Crippen LogP contribution in [0.2, 0.25) is 0 Å². The van der Waals surface area contributed by atoms with Crippen LogP contribution in [0.1, 0.15) is 53.4 Å². The minimum Gasteiger partial charge on any atom is -0.320 e. The molecule has 0 amide bonds. The third-order valence-corrected chi connectivity index (χ3v) is 3.04. The lowest BCUT2D eigenvalue weighted by molar-refractivity contribution is 0.241. The Morgan fingerprint density at radius 2 is 1.69 bits per heavy atom. The predicted octanol–water partition coefficient (Wildman–Crippen LogP) is 3.45. The molecule has 0 rings (SSSR count). The van der Waals surface area contributed by atoms with Gasteiger partial charge in [-0.2, -0.15) is 0 Å². The lowest BCUT2D eigenvalue weighted by Crippen LogP contribution is -2.17. The Morgan fingerprint density at radius 1 is 1.08 bits per heavy atom. The first-order valence-corrected chi connectivity index (χ1v) is 5.63. The number of rotatable bonds is 6. The lowest BCUT2D eigenvalue weighted by atomic mass is 9.79. The summed E-state index contributed by atoms with van der Waals surface area (Å²) in [6.45, 7) is 10.6. The van der Waals surface area contributed by atoms with E-state index >= 15 is 0 Å². The van der Waals surface area contributed by atoms with E-state index in [1.807, 2.05) is 7.05 Å². The summed E-state index contributed by atoms with van der Waals surface area (Å²) in [6, 6.07) is 0. The van der Waals surface area contributed by atoms with Crippen molar-refractivity contribution < 1.29 is 0 Å². The van der Waals surface area contributed by atoms with E-state index in [2.05, 4.69) is 33.0 Å². The van der Waals surface area contributed by atoms with E-state index in [1.165, 1.54) is 32.2 Å². The Morgan fingerprint density at radius 3 is 2.15 bits per heavy atom. The van der Waals surface area contributed by atoms with Gasteiger partial charge in [0.25, 0.3) is 0 Å². The zero-order valence-corrected chi connectivity index (χ0v) is 10.1. The maximum Gasteiger partial charge on any atom is -0.00519 e. The Labute approximate surface area is 84.3 Å². The summed E-state index contributed by atoms with van der Waals surface area (Å²) < 4.78 is 0. The normalized spacial score (nSPS) is 14.5. The summed E-state index contributed by atoms with van der Waals surface area (Å²) in [7, 11) is 2.03. The largest absolute Gasteiger partial charge is 0.320 e. The maximum absolute atomic E-state index is 3.19. The van der Waals surface area contributed by atoms with Crippen molar-refractivity contribution in [2.45, 2.75) is 53.4 Å². The SMILES string of the molecule is CNCCCCCC(C)C(C)(C)C. The summed E-state index contributed by atoms with van der Waals surface area (Å²) >= 11 is 0. The lowest BCUT2D eigenvalue weighted by Gasteiger charge is -2.27. The summed E-state index contributed by atoms with van der Waals surface area (Å²) in [5, 5.41) is 3.19. The molecule has 1 N–H and O–H groups in total. The molecule has 0 aliphatic carbocycles. The van der Waals surface area contributed by atoms with Gasteiger partial charge in [-0.3, -0.25) is 0 Å². The monoisotopic (exact) mass is 185 g/mol. The number of hydrogen-bond acceptors (Lipinski definition) is 1. The molecule has 0 heterocycles. The topological polar surface area (TPSA) is 12.0 Å². The minimum atomic E-state index is 0.489. The average molecular weight is 185 g/mol. The van der Waals surface area contributed by atoms with E-state index in [0.29, 0.717) is 5.41 Å². The van der Waals surface area contributed by atoms with Crippen LogP contribution in [0, 0.1) is 11.3 Å². The van der Waals surface area contributed by atoms with E-state index in [1.54, 1.807) is 0 Å². The van der Waals surface area contributed by atoms with Gasteiger partial charge >= 0.3 is 0 Å². The van der Waals surface area contributed by atoms with Crippen molar-refractivity contribution in [3.05, 3.63) is 0 Å². The first kappa shape index (κ1) is 13.0. The summed E-state index contributed by atoms with van der Waals surface area (Å²) in [4.78, 5) is 0. The van der Waals surface area contributed by atoms with E-state index < -0.39 is 0 Å². The van der Waals surface area contributed by atoms with E-state index in [9.17, 15) is 0 Å². The molecule has 0 spiro atoms. The molecule has 0 fully saturated rings. The fourth-order valence-electron chi connectivity index (χ4n) is 1.36. The highest BCUT2D eigenvalue weighted by Gasteiger charge is 2.18. The van der Waals surface area contributed by atoms with E-state index in [-0.39, 0.29) is 0 Å². The van der Waals surface area contributed by atoms with Crippen LogP contribution >= 0.6 is 0 Å². The first-order chi connectivity index (χ1) is 5.98. The van der Waals surface area contributed by atoms with E-state index in [4.69, 9.17) is 0 Å². The zero-order chi connectivity index (χ0) is 10.3. The van der Waals surface area contributed by atoms with Crippen LogP contribution in [-0.2, 0) is 0 Å². The molecule has 1 unspecified atom stereocenters. The van der Waals surface area contributed by atoms with Crippen LogP contribution in [-0.4, -0.2) is 13.6 Å². The van der Waals surface area contributed by atoms with Gasteiger partial charge < -0.3 is 5.32 Å². The van der Waals surface area contributed by atoms with Crippen LogP contribution < -0.4 is 5.32 Å². The Kier molecular flexibility index (Phi) is 6.40. The van der Waals surface area contributed by atoms with Crippen molar-refractivity contribution in [2.24, 2.45) is 11.3 Å². The molecule has 0 bridgehead atoms. The van der Waals surface area contributed by atoms with Gasteiger partial charge in [0, 0.05) is 0 Å². The third-order valence-electron chi connectivity index (χ3n) is 3.04. The van der Waals surface area contributed by atoms with Crippen LogP contribution in [0.5, 0.6) is 0 Å². The van der Waals surface area contributed by atoms with Crippen LogP contribution in [0.25, 0.3) is 0 Å². The molecule has 0 aromatic carbocycles. The highest BCUT2D eigenvalue weighted by Crippen LogP contribution is 2.29. The molecule has 0 aromatic heterocycles. The molecule has 0 aliphatic heterocycles. The van der Waals surface area contributed by atoms with Crippen molar-refractivity contribution in [3.63, 3.8) is 0 Å².